The Balaban J connectivity index is 1.90. The highest BCUT2D eigenvalue weighted by molar-refractivity contribution is 5.72. The third-order valence-electron chi connectivity index (χ3n) is 3.17. The van der Waals surface area contributed by atoms with Crippen molar-refractivity contribution in [3.8, 4) is 0 Å². The van der Waals surface area contributed by atoms with E-state index >= 15 is 0 Å². The Kier molecular flexibility index (Phi) is 4.14. The quantitative estimate of drug-likeness (QED) is 0.618. The third kappa shape index (κ3) is 3.21. The summed E-state index contributed by atoms with van der Waals surface area (Å²) in [6, 6.07) is 1.59. The number of pyridine rings is 1. The van der Waals surface area contributed by atoms with Crippen LogP contribution in [0.1, 0.15) is 18.4 Å². The summed E-state index contributed by atoms with van der Waals surface area (Å²) in [5.41, 5.74) is 0.488. The van der Waals surface area contributed by atoms with Crippen molar-refractivity contribution in [1.29, 1.82) is 0 Å². The van der Waals surface area contributed by atoms with Gasteiger partial charge in [0, 0.05) is 12.1 Å². The van der Waals surface area contributed by atoms with Gasteiger partial charge in [0.15, 0.2) is 6.10 Å². The number of aromatic nitrogens is 1. The summed E-state index contributed by atoms with van der Waals surface area (Å²) in [6.07, 6.45) is 1.43. The maximum atomic E-state index is 10.7. The van der Waals surface area contributed by atoms with E-state index in [9.17, 15) is 14.9 Å². The number of anilines is 1. The molecule has 2 heterocycles. The van der Waals surface area contributed by atoms with E-state index in [1.54, 1.807) is 13.0 Å². The Hall–Kier alpha value is -2.22. The van der Waals surface area contributed by atoms with Gasteiger partial charge in [0.05, 0.1) is 11.0 Å². The first kappa shape index (κ1) is 14.2. The van der Waals surface area contributed by atoms with Crippen molar-refractivity contribution in [3.05, 3.63) is 27.9 Å². The van der Waals surface area contributed by atoms with Gasteiger partial charge in [0.2, 0.25) is 0 Å². The molecular weight excluding hydrogens is 266 g/mol. The number of ether oxygens (including phenoxy) is 1. The number of carboxylic acid groups (broad SMARTS) is 1. The lowest BCUT2D eigenvalue weighted by atomic mass is 10.2. The molecule has 0 radical (unpaired) electrons. The van der Waals surface area contributed by atoms with Crippen molar-refractivity contribution in [2.75, 3.05) is 11.9 Å². The fraction of sp³-hybridized carbons (Fsp3) is 0.500. The van der Waals surface area contributed by atoms with Crippen LogP contribution in [0.5, 0.6) is 0 Å². The Morgan fingerprint density at radius 2 is 2.40 bits per heavy atom. The van der Waals surface area contributed by atoms with Gasteiger partial charge in [-0.25, -0.2) is 9.78 Å². The van der Waals surface area contributed by atoms with Crippen LogP contribution in [-0.2, 0) is 9.53 Å². The highest BCUT2D eigenvalue weighted by atomic mass is 16.6. The van der Waals surface area contributed by atoms with Crippen LogP contribution in [0.15, 0.2) is 12.3 Å². The molecule has 1 aliphatic rings. The lowest BCUT2D eigenvalue weighted by Crippen LogP contribution is -2.24. The molecule has 2 N–H and O–H groups in total. The first-order chi connectivity index (χ1) is 9.47. The van der Waals surface area contributed by atoms with Gasteiger partial charge < -0.3 is 15.2 Å². The summed E-state index contributed by atoms with van der Waals surface area (Å²) < 4.78 is 5.34. The Morgan fingerprint density at radius 3 is 2.95 bits per heavy atom. The van der Waals surface area contributed by atoms with Crippen molar-refractivity contribution in [1.82, 2.24) is 4.98 Å². The molecule has 20 heavy (non-hydrogen) atoms. The van der Waals surface area contributed by atoms with Crippen LogP contribution in [0.2, 0.25) is 0 Å². The highest BCUT2D eigenvalue weighted by Gasteiger charge is 2.30. The van der Waals surface area contributed by atoms with E-state index in [1.165, 1.54) is 6.20 Å². The third-order valence-corrected chi connectivity index (χ3v) is 3.17. The molecule has 1 aromatic heterocycles. The number of nitro groups is 1. The fourth-order valence-electron chi connectivity index (χ4n) is 2.09. The first-order valence-electron chi connectivity index (χ1n) is 6.20. The van der Waals surface area contributed by atoms with Gasteiger partial charge in [-0.05, 0) is 25.8 Å². The minimum absolute atomic E-state index is 0.0291. The molecular formula is C12H15N3O5. The summed E-state index contributed by atoms with van der Waals surface area (Å²) in [5, 5.41) is 22.5. The molecule has 8 nitrogen and oxygen atoms in total. The second-order valence-electron chi connectivity index (χ2n) is 4.66. The van der Waals surface area contributed by atoms with Crippen molar-refractivity contribution in [2.45, 2.75) is 32.0 Å². The molecule has 0 aliphatic carbocycles. The number of aryl methyl sites for hydroxylation is 1. The van der Waals surface area contributed by atoms with E-state index in [0.717, 1.165) is 0 Å². The zero-order chi connectivity index (χ0) is 14.7. The van der Waals surface area contributed by atoms with E-state index in [0.29, 0.717) is 30.8 Å². The van der Waals surface area contributed by atoms with E-state index in [4.69, 9.17) is 9.84 Å². The van der Waals surface area contributed by atoms with Gasteiger partial charge in [-0.2, -0.15) is 0 Å². The second-order valence-corrected chi connectivity index (χ2v) is 4.66. The standard InChI is InChI=1S/C12H15N3O5/c1-7-4-11(14-6-9(7)15(18)19)13-5-8-2-3-10(20-8)12(16)17/h4,6,8,10H,2-3,5H2,1H3,(H,13,14)(H,16,17). The summed E-state index contributed by atoms with van der Waals surface area (Å²) in [6.45, 7) is 2.06. The van der Waals surface area contributed by atoms with Crippen molar-refractivity contribution >= 4 is 17.5 Å². The monoisotopic (exact) mass is 281 g/mol. The van der Waals surface area contributed by atoms with Gasteiger partial charge in [-0.1, -0.05) is 0 Å². The number of carboxylic acids is 1. The predicted octanol–water partition coefficient (Wildman–Crippen LogP) is 1.34. The second kappa shape index (κ2) is 5.83. The molecule has 108 valence electrons. The molecule has 1 fully saturated rings. The molecule has 1 aromatic rings. The van der Waals surface area contributed by atoms with Crippen LogP contribution in [0.4, 0.5) is 11.5 Å². The SMILES string of the molecule is Cc1cc(NCC2CCC(C(=O)O)O2)ncc1[N+](=O)[O-]. The van der Waals surface area contributed by atoms with Gasteiger partial charge in [-0.3, -0.25) is 10.1 Å². The predicted molar refractivity (Wildman–Crippen MR) is 69.6 cm³/mol. The molecule has 0 saturated carbocycles. The van der Waals surface area contributed by atoms with E-state index in [-0.39, 0.29) is 11.8 Å². The van der Waals surface area contributed by atoms with Crippen LogP contribution in [-0.4, -0.2) is 39.7 Å². The van der Waals surface area contributed by atoms with Crippen LogP contribution in [0, 0.1) is 17.0 Å². The lowest BCUT2D eigenvalue weighted by molar-refractivity contribution is -0.385. The molecule has 0 spiro atoms. The van der Waals surface area contributed by atoms with E-state index < -0.39 is 17.0 Å². The van der Waals surface area contributed by atoms with Crippen LogP contribution < -0.4 is 5.32 Å². The van der Waals surface area contributed by atoms with Crippen LogP contribution in [0.3, 0.4) is 0 Å². The molecule has 2 rings (SSSR count). The van der Waals surface area contributed by atoms with E-state index in [1.807, 2.05) is 0 Å². The summed E-state index contributed by atoms with van der Waals surface area (Å²) in [4.78, 5) is 24.9. The summed E-state index contributed by atoms with van der Waals surface area (Å²) in [5.74, 6) is -0.438. The van der Waals surface area contributed by atoms with Gasteiger partial charge >= 0.3 is 5.97 Å². The Bertz CT molecular complexity index is 534. The van der Waals surface area contributed by atoms with Crippen molar-refractivity contribution in [3.63, 3.8) is 0 Å². The molecule has 2 unspecified atom stereocenters. The number of nitrogens with one attached hydrogen (secondary N) is 1. The summed E-state index contributed by atoms with van der Waals surface area (Å²) >= 11 is 0. The van der Waals surface area contributed by atoms with Crippen molar-refractivity contribution in [2.24, 2.45) is 0 Å². The Labute approximate surface area is 114 Å². The van der Waals surface area contributed by atoms with Crippen LogP contribution >= 0.6 is 0 Å². The number of carbonyl (C=O) groups is 1. The zero-order valence-electron chi connectivity index (χ0n) is 10.9. The number of nitrogens with zero attached hydrogens (tertiary/aromatic N) is 2. The number of hydrogen-bond donors (Lipinski definition) is 2. The number of aliphatic carboxylic acids is 1. The first-order valence-corrected chi connectivity index (χ1v) is 6.20. The number of rotatable bonds is 5. The van der Waals surface area contributed by atoms with Crippen LogP contribution in [0.25, 0.3) is 0 Å². The fourth-order valence-corrected chi connectivity index (χ4v) is 2.09. The maximum absolute atomic E-state index is 10.7. The van der Waals surface area contributed by atoms with E-state index in [2.05, 4.69) is 10.3 Å². The molecule has 0 amide bonds. The normalized spacial score (nSPS) is 21.6. The maximum Gasteiger partial charge on any atom is 0.332 e. The minimum Gasteiger partial charge on any atom is -0.479 e. The largest absolute Gasteiger partial charge is 0.479 e. The molecule has 2 atom stereocenters. The van der Waals surface area contributed by atoms with Gasteiger partial charge in [-0.15, -0.1) is 0 Å². The molecule has 0 bridgehead atoms. The molecule has 8 heteroatoms. The van der Waals surface area contributed by atoms with Gasteiger partial charge in [0.1, 0.15) is 12.0 Å². The minimum atomic E-state index is -0.947. The Morgan fingerprint density at radius 1 is 1.65 bits per heavy atom. The topological polar surface area (TPSA) is 115 Å². The zero-order valence-corrected chi connectivity index (χ0v) is 10.9. The lowest BCUT2D eigenvalue weighted by Gasteiger charge is -2.12. The average molecular weight is 281 g/mol. The smallest absolute Gasteiger partial charge is 0.332 e. The number of hydrogen-bond acceptors (Lipinski definition) is 6. The average Bonchev–Trinajstić information content (AvgIpc) is 2.85. The van der Waals surface area contributed by atoms with Gasteiger partial charge in [0.25, 0.3) is 5.69 Å². The molecule has 1 saturated heterocycles. The molecule has 0 aromatic carbocycles. The summed E-state index contributed by atoms with van der Waals surface area (Å²) in [7, 11) is 0. The van der Waals surface area contributed by atoms with Crippen molar-refractivity contribution < 1.29 is 19.6 Å². The molecule has 1 aliphatic heterocycles. The highest BCUT2D eigenvalue weighted by Crippen LogP contribution is 2.22.